The van der Waals surface area contributed by atoms with Crippen LogP contribution in [-0.4, -0.2) is 18.3 Å². The number of halogens is 1. The molecule has 1 N–H and O–H groups in total. The van der Waals surface area contributed by atoms with Gasteiger partial charge in [0.2, 0.25) is 0 Å². The normalized spacial score (nSPS) is 10.4. The van der Waals surface area contributed by atoms with Crippen LogP contribution in [0.25, 0.3) is 0 Å². The van der Waals surface area contributed by atoms with E-state index >= 15 is 0 Å². The lowest BCUT2D eigenvalue weighted by atomic mass is 10.2. The summed E-state index contributed by atoms with van der Waals surface area (Å²) in [6, 6.07) is 11.0. The van der Waals surface area contributed by atoms with Gasteiger partial charge in [0.05, 0.1) is 6.26 Å². The SMILES string of the molecule is O=C(SCc1cccc(OCCNCl)c1)c1ccco1. The fraction of sp³-hybridized carbons (Fsp3) is 0.214. The maximum atomic E-state index is 11.8. The van der Waals surface area contributed by atoms with Gasteiger partial charge >= 0.3 is 0 Å². The van der Waals surface area contributed by atoms with Gasteiger partial charge in [-0.3, -0.25) is 4.79 Å². The second-order valence-corrected chi connectivity index (χ2v) is 5.15. The van der Waals surface area contributed by atoms with Crippen molar-refractivity contribution in [3.63, 3.8) is 0 Å². The van der Waals surface area contributed by atoms with Crippen molar-refractivity contribution >= 4 is 28.7 Å². The number of carbonyl (C=O) groups excluding carboxylic acids is 1. The number of nitrogens with one attached hydrogen (secondary N) is 1. The quantitative estimate of drug-likeness (QED) is 0.627. The smallest absolute Gasteiger partial charge is 0.254 e. The highest BCUT2D eigenvalue weighted by Gasteiger charge is 2.09. The Balaban J connectivity index is 1.86. The van der Waals surface area contributed by atoms with Gasteiger partial charge in [-0.05, 0) is 41.6 Å². The molecule has 0 saturated carbocycles. The number of hydrogen-bond donors (Lipinski definition) is 1. The molecule has 0 radical (unpaired) electrons. The molecule has 0 bridgehead atoms. The first-order valence-corrected chi connectivity index (χ1v) is 7.42. The lowest BCUT2D eigenvalue weighted by Crippen LogP contribution is -2.11. The van der Waals surface area contributed by atoms with Crippen molar-refractivity contribution < 1.29 is 13.9 Å². The third-order valence-electron chi connectivity index (χ3n) is 2.46. The zero-order valence-electron chi connectivity index (χ0n) is 10.7. The van der Waals surface area contributed by atoms with E-state index in [-0.39, 0.29) is 5.12 Å². The topological polar surface area (TPSA) is 51.5 Å². The highest BCUT2D eigenvalue weighted by molar-refractivity contribution is 8.13. The van der Waals surface area contributed by atoms with Crippen LogP contribution >= 0.6 is 23.5 Å². The van der Waals surface area contributed by atoms with E-state index in [1.54, 1.807) is 12.1 Å². The molecule has 6 heteroatoms. The number of hydrogen-bond acceptors (Lipinski definition) is 5. The minimum absolute atomic E-state index is 0.0762. The first-order valence-electron chi connectivity index (χ1n) is 6.05. The molecule has 1 heterocycles. The first-order chi connectivity index (χ1) is 9.79. The number of thioether (sulfide) groups is 1. The van der Waals surface area contributed by atoms with E-state index in [2.05, 4.69) is 4.84 Å². The van der Waals surface area contributed by atoms with Gasteiger partial charge in [-0.2, -0.15) is 0 Å². The lowest BCUT2D eigenvalue weighted by molar-refractivity contribution is 0.106. The third-order valence-corrected chi connectivity index (χ3v) is 3.59. The van der Waals surface area contributed by atoms with E-state index in [9.17, 15) is 4.79 Å². The van der Waals surface area contributed by atoms with Crippen molar-refractivity contribution in [2.45, 2.75) is 5.75 Å². The summed E-state index contributed by atoms with van der Waals surface area (Å²) in [5.74, 6) is 1.71. The van der Waals surface area contributed by atoms with Gasteiger partial charge in [0, 0.05) is 12.3 Å². The molecule has 0 aliphatic carbocycles. The molecule has 4 nitrogen and oxygen atoms in total. The van der Waals surface area contributed by atoms with Crippen LogP contribution in [-0.2, 0) is 5.75 Å². The summed E-state index contributed by atoms with van der Waals surface area (Å²) in [4.78, 5) is 14.3. The Bertz CT molecular complexity index is 545. The average Bonchev–Trinajstić information content (AvgIpc) is 3.00. The van der Waals surface area contributed by atoms with Gasteiger partial charge in [-0.25, -0.2) is 4.84 Å². The summed E-state index contributed by atoms with van der Waals surface area (Å²) in [7, 11) is 0. The fourth-order valence-electron chi connectivity index (χ4n) is 1.55. The highest BCUT2D eigenvalue weighted by atomic mass is 35.5. The second-order valence-electron chi connectivity index (χ2n) is 3.93. The summed E-state index contributed by atoms with van der Waals surface area (Å²) in [6.45, 7) is 1.06. The van der Waals surface area contributed by atoms with Gasteiger partial charge in [0.1, 0.15) is 12.4 Å². The van der Waals surface area contributed by atoms with E-state index in [0.29, 0.717) is 24.7 Å². The van der Waals surface area contributed by atoms with Crippen LogP contribution in [0.2, 0.25) is 0 Å². The second kappa shape index (κ2) is 7.99. The molecule has 20 heavy (non-hydrogen) atoms. The maximum absolute atomic E-state index is 11.8. The zero-order chi connectivity index (χ0) is 14.2. The standard InChI is InChI=1S/C14H14ClNO3S/c15-16-6-8-18-12-4-1-3-11(9-12)10-20-14(17)13-5-2-7-19-13/h1-5,7,9,16H,6,8,10H2. The van der Waals surface area contributed by atoms with Crippen LogP contribution in [0.5, 0.6) is 5.75 Å². The Morgan fingerprint density at radius 2 is 2.25 bits per heavy atom. The van der Waals surface area contributed by atoms with Gasteiger partial charge in [-0.15, -0.1) is 0 Å². The Hall–Kier alpha value is -1.43. The Morgan fingerprint density at radius 3 is 3.00 bits per heavy atom. The monoisotopic (exact) mass is 311 g/mol. The van der Waals surface area contributed by atoms with E-state index in [0.717, 1.165) is 11.3 Å². The molecule has 0 aliphatic heterocycles. The minimum atomic E-state index is -0.0762. The summed E-state index contributed by atoms with van der Waals surface area (Å²) in [5, 5.41) is -0.0762. The van der Waals surface area contributed by atoms with E-state index < -0.39 is 0 Å². The summed E-state index contributed by atoms with van der Waals surface area (Å²) in [5.41, 5.74) is 1.02. The van der Waals surface area contributed by atoms with E-state index in [1.165, 1.54) is 18.0 Å². The van der Waals surface area contributed by atoms with E-state index in [4.69, 9.17) is 20.9 Å². The zero-order valence-corrected chi connectivity index (χ0v) is 12.2. The highest BCUT2D eigenvalue weighted by Crippen LogP contribution is 2.21. The number of carbonyl (C=O) groups is 1. The predicted molar refractivity (Wildman–Crippen MR) is 80.1 cm³/mol. The molecule has 0 spiro atoms. The largest absolute Gasteiger partial charge is 0.492 e. The van der Waals surface area contributed by atoms with E-state index in [1.807, 2.05) is 24.3 Å². The van der Waals surface area contributed by atoms with Gasteiger partial charge < -0.3 is 9.15 Å². The van der Waals surface area contributed by atoms with Crippen molar-refractivity contribution in [1.82, 2.24) is 4.84 Å². The van der Waals surface area contributed by atoms with Crippen LogP contribution in [0.1, 0.15) is 16.1 Å². The Morgan fingerprint density at radius 1 is 1.35 bits per heavy atom. The molecule has 106 valence electrons. The van der Waals surface area contributed by atoms with Crippen LogP contribution in [0.15, 0.2) is 47.1 Å². The molecule has 0 amide bonds. The average molecular weight is 312 g/mol. The van der Waals surface area contributed by atoms with Crippen molar-refractivity contribution in [2.24, 2.45) is 0 Å². The Labute approximate surface area is 126 Å². The van der Waals surface area contributed by atoms with Crippen LogP contribution in [0, 0.1) is 0 Å². The molecule has 0 atom stereocenters. The van der Waals surface area contributed by atoms with Crippen LogP contribution in [0.4, 0.5) is 0 Å². The fourth-order valence-corrected chi connectivity index (χ4v) is 2.36. The summed E-state index contributed by atoms with van der Waals surface area (Å²) in [6.07, 6.45) is 1.49. The molecule has 0 aliphatic rings. The maximum Gasteiger partial charge on any atom is 0.254 e. The molecule has 2 aromatic rings. The number of ether oxygens (including phenoxy) is 1. The number of benzene rings is 1. The van der Waals surface area contributed by atoms with Gasteiger partial charge in [-0.1, -0.05) is 23.9 Å². The molecular formula is C14H14ClNO3S. The molecular weight excluding hydrogens is 298 g/mol. The summed E-state index contributed by atoms with van der Waals surface area (Å²) >= 11 is 6.56. The minimum Gasteiger partial charge on any atom is -0.492 e. The predicted octanol–water partition coefficient (Wildman–Crippen LogP) is 3.48. The molecule has 0 saturated heterocycles. The van der Waals surface area contributed by atoms with Crippen molar-refractivity contribution in [1.29, 1.82) is 0 Å². The van der Waals surface area contributed by atoms with Gasteiger partial charge in [0.25, 0.3) is 5.12 Å². The molecule has 0 fully saturated rings. The van der Waals surface area contributed by atoms with Crippen molar-refractivity contribution in [2.75, 3.05) is 13.2 Å². The van der Waals surface area contributed by atoms with Crippen LogP contribution in [0.3, 0.4) is 0 Å². The first kappa shape index (κ1) is 15.0. The number of furan rings is 1. The van der Waals surface area contributed by atoms with Crippen molar-refractivity contribution in [3.05, 3.63) is 54.0 Å². The van der Waals surface area contributed by atoms with Gasteiger partial charge in [0.15, 0.2) is 5.76 Å². The summed E-state index contributed by atoms with van der Waals surface area (Å²) < 4.78 is 10.6. The number of rotatable bonds is 7. The molecule has 1 aromatic carbocycles. The third kappa shape index (κ3) is 4.59. The molecule has 1 aromatic heterocycles. The molecule has 2 rings (SSSR count). The lowest BCUT2D eigenvalue weighted by Gasteiger charge is -2.07. The van der Waals surface area contributed by atoms with Crippen molar-refractivity contribution in [3.8, 4) is 5.75 Å². The van der Waals surface area contributed by atoms with Crippen LogP contribution < -0.4 is 9.57 Å². The molecule has 0 unspecified atom stereocenters. The Kier molecular flexibility index (Phi) is 5.98.